The van der Waals surface area contributed by atoms with E-state index in [-0.39, 0.29) is 33.4 Å². The van der Waals surface area contributed by atoms with Crippen LogP contribution in [0.15, 0.2) is 64.7 Å². The van der Waals surface area contributed by atoms with Gasteiger partial charge < -0.3 is 16.2 Å². The summed E-state index contributed by atoms with van der Waals surface area (Å²) in [5.41, 5.74) is 11.7. The summed E-state index contributed by atoms with van der Waals surface area (Å²) < 4.78 is 48.0. The second kappa shape index (κ2) is 10.1. The number of nitrogens with zero attached hydrogens (tertiary/aromatic N) is 3. The minimum absolute atomic E-state index is 0.0171. The third kappa shape index (κ3) is 5.38. The van der Waals surface area contributed by atoms with Crippen molar-refractivity contribution >= 4 is 44.1 Å². The maximum atomic E-state index is 13.4. The molecule has 1 amide bonds. The number of primary amides is 1. The van der Waals surface area contributed by atoms with Crippen LogP contribution in [0.5, 0.6) is 5.88 Å². The van der Waals surface area contributed by atoms with E-state index in [1.54, 1.807) is 18.2 Å². The van der Waals surface area contributed by atoms with E-state index in [1.807, 2.05) is 0 Å². The second-order valence-corrected chi connectivity index (χ2v) is 9.96. The predicted octanol–water partition coefficient (Wildman–Crippen LogP) is 1.87. The first-order valence-corrected chi connectivity index (χ1v) is 12.4. The number of aromatic nitrogens is 3. The molecule has 0 spiro atoms. The molecule has 0 aliphatic carbocycles. The van der Waals surface area contributed by atoms with E-state index in [9.17, 15) is 22.4 Å². The van der Waals surface area contributed by atoms with Crippen molar-refractivity contribution in [2.75, 3.05) is 11.8 Å². The highest BCUT2D eigenvalue weighted by Gasteiger charge is 2.21. The van der Waals surface area contributed by atoms with Crippen LogP contribution in [0.4, 0.5) is 10.1 Å². The van der Waals surface area contributed by atoms with Crippen LogP contribution < -0.4 is 26.5 Å². The van der Waals surface area contributed by atoms with Crippen molar-refractivity contribution in [1.29, 1.82) is 0 Å². The fraction of sp³-hybridized carbons (Fsp3) is 0.130. The maximum absolute atomic E-state index is 13.4. The van der Waals surface area contributed by atoms with Crippen LogP contribution in [0.25, 0.3) is 22.0 Å². The molecule has 0 radical (unpaired) electrons. The summed E-state index contributed by atoms with van der Waals surface area (Å²) in [5.74, 6) is -1.48. The Hall–Kier alpha value is -4.07. The molecule has 0 fully saturated rings. The van der Waals surface area contributed by atoms with Gasteiger partial charge in [0.2, 0.25) is 11.8 Å². The number of amides is 1. The number of methoxy groups -OCH3 is 1. The second-order valence-electron chi connectivity index (χ2n) is 7.90. The van der Waals surface area contributed by atoms with Crippen molar-refractivity contribution in [3.8, 4) is 17.0 Å². The molecule has 4 aromatic rings. The molecule has 2 heterocycles. The van der Waals surface area contributed by atoms with Crippen LogP contribution in [-0.2, 0) is 21.4 Å². The van der Waals surface area contributed by atoms with Crippen molar-refractivity contribution in [2.45, 2.75) is 17.5 Å². The number of carbonyl (C=O) groups is 1. The monoisotopic (exact) mass is 546 g/mol. The Morgan fingerprint density at radius 1 is 1.19 bits per heavy atom. The number of ether oxygens (including phenoxy) is 1. The summed E-state index contributed by atoms with van der Waals surface area (Å²) in [7, 11) is -2.93. The Bertz CT molecular complexity index is 1700. The molecule has 5 N–H and O–H groups in total. The van der Waals surface area contributed by atoms with Gasteiger partial charge in [-0.05, 0) is 42.0 Å². The highest BCUT2D eigenvalue weighted by Crippen LogP contribution is 2.32. The first-order chi connectivity index (χ1) is 17.5. The highest BCUT2D eigenvalue weighted by atomic mass is 35.5. The SMILES string of the molecule is COc1ncc(-c2ccc3ncn(CC(N)C(N)=O)c(=O)c3c2)cc1NS(=O)(=O)c1ccc(F)cc1Cl. The number of hydrogen-bond acceptors (Lipinski definition) is 8. The Balaban J connectivity index is 1.75. The van der Waals surface area contributed by atoms with Gasteiger partial charge in [-0.25, -0.2) is 22.8 Å². The topological polar surface area (TPSA) is 172 Å². The molecule has 14 heteroatoms. The van der Waals surface area contributed by atoms with E-state index in [0.29, 0.717) is 16.6 Å². The number of benzene rings is 2. The van der Waals surface area contributed by atoms with Gasteiger partial charge in [0.15, 0.2) is 0 Å². The predicted molar refractivity (Wildman–Crippen MR) is 135 cm³/mol. The molecule has 1 atom stereocenters. The molecule has 4 rings (SSSR count). The lowest BCUT2D eigenvalue weighted by Crippen LogP contribution is -2.42. The van der Waals surface area contributed by atoms with Gasteiger partial charge in [0.05, 0.1) is 35.9 Å². The van der Waals surface area contributed by atoms with Gasteiger partial charge in [-0.3, -0.25) is 18.9 Å². The average Bonchev–Trinajstić information content (AvgIpc) is 2.85. The number of sulfonamides is 1. The summed E-state index contributed by atoms with van der Waals surface area (Å²) in [4.78, 5) is 32.3. The molecule has 0 saturated heterocycles. The molecule has 2 aromatic carbocycles. The molecule has 1 unspecified atom stereocenters. The first-order valence-electron chi connectivity index (χ1n) is 10.6. The Kier molecular flexibility index (Phi) is 7.12. The number of pyridine rings is 1. The minimum Gasteiger partial charge on any atom is -0.480 e. The van der Waals surface area contributed by atoms with Gasteiger partial charge in [0.1, 0.15) is 22.4 Å². The van der Waals surface area contributed by atoms with E-state index in [2.05, 4.69) is 14.7 Å². The maximum Gasteiger partial charge on any atom is 0.263 e. The summed E-state index contributed by atoms with van der Waals surface area (Å²) in [6.45, 7) is -0.150. The Morgan fingerprint density at radius 3 is 2.62 bits per heavy atom. The minimum atomic E-state index is -4.24. The number of nitrogens with one attached hydrogen (secondary N) is 1. The summed E-state index contributed by atoms with van der Waals surface area (Å²) in [6, 6.07) is 8.11. The van der Waals surface area contributed by atoms with Gasteiger partial charge in [0, 0.05) is 11.8 Å². The van der Waals surface area contributed by atoms with Crippen molar-refractivity contribution in [3.63, 3.8) is 0 Å². The van der Waals surface area contributed by atoms with Crippen molar-refractivity contribution in [1.82, 2.24) is 14.5 Å². The quantitative estimate of drug-likeness (QED) is 0.300. The van der Waals surface area contributed by atoms with Crippen LogP contribution in [0.1, 0.15) is 0 Å². The third-order valence-corrected chi connectivity index (χ3v) is 7.24. The number of carbonyl (C=O) groups excluding carboxylic acids is 1. The average molecular weight is 547 g/mol. The van der Waals surface area contributed by atoms with E-state index in [1.165, 1.54) is 30.3 Å². The zero-order chi connectivity index (χ0) is 26.9. The molecule has 0 saturated carbocycles. The zero-order valence-corrected chi connectivity index (χ0v) is 20.8. The Labute approximate surface area is 214 Å². The van der Waals surface area contributed by atoms with Crippen LogP contribution >= 0.6 is 11.6 Å². The molecule has 37 heavy (non-hydrogen) atoms. The van der Waals surface area contributed by atoms with Gasteiger partial charge >= 0.3 is 0 Å². The number of anilines is 1. The zero-order valence-electron chi connectivity index (χ0n) is 19.2. The van der Waals surface area contributed by atoms with Crippen LogP contribution in [-0.4, -0.2) is 42.0 Å². The molecule has 192 valence electrons. The molecular weight excluding hydrogens is 527 g/mol. The van der Waals surface area contributed by atoms with Gasteiger partial charge in [-0.2, -0.15) is 0 Å². The lowest BCUT2D eigenvalue weighted by molar-refractivity contribution is -0.119. The molecule has 2 aromatic heterocycles. The fourth-order valence-electron chi connectivity index (χ4n) is 3.51. The highest BCUT2D eigenvalue weighted by molar-refractivity contribution is 7.92. The molecule has 0 bridgehead atoms. The lowest BCUT2D eigenvalue weighted by Gasteiger charge is -2.14. The first kappa shape index (κ1) is 26.0. The van der Waals surface area contributed by atoms with Crippen LogP contribution in [0.2, 0.25) is 5.02 Å². The van der Waals surface area contributed by atoms with Gasteiger partial charge in [-0.15, -0.1) is 0 Å². The van der Waals surface area contributed by atoms with E-state index >= 15 is 0 Å². The van der Waals surface area contributed by atoms with Crippen molar-refractivity contribution < 1.29 is 22.3 Å². The number of rotatable bonds is 8. The number of nitrogens with two attached hydrogens (primary N) is 2. The normalized spacial score (nSPS) is 12.3. The van der Waals surface area contributed by atoms with Crippen LogP contribution in [0.3, 0.4) is 0 Å². The molecule has 11 nitrogen and oxygen atoms in total. The standard InChI is InChI=1S/C23H20ClFN6O5S/c1-36-22-19(30-37(34,35)20-5-3-14(25)8-16(20)24)7-13(9-28-22)12-2-4-18-15(6-12)23(33)31(11-29-18)10-17(26)21(27)32/h2-9,11,17,30H,10,26H2,1H3,(H2,27,32). The molecule has 0 aliphatic rings. The number of halogens is 2. The van der Waals surface area contributed by atoms with E-state index in [4.69, 9.17) is 27.8 Å². The van der Waals surface area contributed by atoms with Gasteiger partial charge in [0.25, 0.3) is 15.6 Å². The largest absolute Gasteiger partial charge is 0.480 e. The van der Waals surface area contributed by atoms with E-state index in [0.717, 1.165) is 18.2 Å². The van der Waals surface area contributed by atoms with Gasteiger partial charge in [-0.1, -0.05) is 17.7 Å². The molecule has 0 aliphatic heterocycles. The van der Waals surface area contributed by atoms with Crippen LogP contribution in [0, 0.1) is 5.82 Å². The van der Waals surface area contributed by atoms with E-state index < -0.39 is 33.3 Å². The third-order valence-electron chi connectivity index (χ3n) is 5.39. The molecular formula is C23H20ClFN6O5S. The van der Waals surface area contributed by atoms with Crippen molar-refractivity contribution in [3.05, 3.63) is 76.2 Å². The summed E-state index contributed by atoms with van der Waals surface area (Å²) >= 11 is 5.94. The lowest BCUT2D eigenvalue weighted by atomic mass is 10.1. The number of hydrogen-bond donors (Lipinski definition) is 3. The fourth-order valence-corrected chi connectivity index (χ4v) is 5.09. The summed E-state index contributed by atoms with van der Waals surface area (Å²) in [6.07, 6.45) is 2.70. The smallest absolute Gasteiger partial charge is 0.263 e. The Morgan fingerprint density at radius 2 is 1.95 bits per heavy atom. The number of fused-ring (bicyclic) bond motifs is 1. The van der Waals surface area contributed by atoms with Crippen molar-refractivity contribution in [2.24, 2.45) is 11.5 Å². The summed E-state index contributed by atoms with van der Waals surface area (Å²) in [5, 5.41) is -0.0716.